The van der Waals surface area contributed by atoms with Crippen LogP contribution in [0.5, 0.6) is 0 Å². The maximum Gasteiger partial charge on any atom is 0.224 e. The third kappa shape index (κ3) is 1.64. The summed E-state index contributed by atoms with van der Waals surface area (Å²) in [6, 6.07) is 0.272. The van der Waals surface area contributed by atoms with Gasteiger partial charge < -0.3 is 4.90 Å². The molecule has 2 N–H and O–H groups in total. The average molecular weight is 218 g/mol. The number of carbonyl (C=O) groups excluding carboxylic acids is 1. The summed E-state index contributed by atoms with van der Waals surface area (Å²) in [6.45, 7) is 0.294. The molecule has 1 heterocycles. The molecule has 1 atom stereocenters. The smallest absolute Gasteiger partial charge is 0.224 e. The van der Waals surface area contributed by atoms with Gasteiger partial charge in [0.1, 0.15) is 5.25 Å². The fraction of sp³-hybridized carbons (Fsp3) is 0.875. The number of carbonyl (C=O) groups is 1. The van der Waals surface area contributed by atoms with E-state index in [1.807, 2.05) is 0 Å². The van der Waals surface area contributed by atoms with Crippen molar-refractivity contribution in [2.45, 2.75) is 37.0 Å². The van der Waals surface area contributed by atoms with Crippen molar-refractivity contribution in [2.75, 3.05) is 6.54 Å². The standard InChI is InChI=1S/C8H14N2O3S/c9-14(12,13)7-4-8(11)10(5-7)6-2-1-3-6/h6-7H,1-5H2,(H2,9,12,13). The van der Waals surface area contributed by atoms with Gasteiger partial charge in [-0.05, 0) is 19.3 Å². The van der Waals surface area contributed by atoms with Crippen molar-refractivity contribution < 1.29 is 13.2 Å². The highest BCUT2D eigenvalue weighted by Crippen LogP contribution is 2.29. The Balaban J connectivity index is 2.07. The molecule has 0 aromatic heterocycles. The molecule has 1 amide bonds. The Hall–Kier alpha value is -0.620. The van der Waals surface area contributed by atoms with E-state index in [9.17, 15) is 13.2 Å². The molecular formula is C8H14N2O3S. The third-order valence-electron chi connectivity index (χ3n) is 3.10. The van der Waals surface area contributed by atoms with Gasteiger partial charge in [-0.15, -0.1) is 0 Å². The van der Waals surface area contributed by atoms with E-state index in [2.05, 4.69) is 0 Å². The number of sulfonamides is 1. The molecule has 1 saturated heterocycles. The highest BCUT2D eigenvalue weighted by atomic mass is 32.2. The predicted molar refractivity (Wildman–Crippen MR) is 50.9 cm³/mol. The van der Waals surface area contributed by atoms with E-state index in [-0.39, 0.29) is 18.4 Å². The number of nitrogens with zero attached hydrogens (tertiary/aromatic N) is 1. The number of nitrogens with two attached hydrogens (primary N) is 1. The first-order valence-electron chi connectivity index (χ1n) is 4.79. The minimum atomic E-state index is -3.55. The number of likely N-dealkylation sites (tertiary alicyclic amines) is 1. The van der Waals surface area contributed by atoms with Crippen LogP contribution >= 0.6 is 0 Å². The van der Waals surface area contributed by atoms with E-state index in [1.54, 1.807) is 4.90 Å². The van der Waals surface area contributed by atoms with Crippen molar-refractivity contribution in [3.63, 3.8) is 0 Å². The Bertz CT molecular complexity index is 348. The monoisotopic (exact) mass is 218 g/mol. The van der Waals surface area contributed by atoms with Gasteiger partial charge in [-0.2, -0.15) is 0 Å². The van der Waals surface area contributed by atoms with E-state index in [4.69, 9.17) is 5.14 Å². The summed E-state index contributed by atoms with van der Waals surface area (Å²) in [5.41, 5.74) is 0. The molecule has 2 fully saturated rings. The van der Waals surface area contributed by atoms with Crippen LogP contribution in [0.2, 0.25) is 0 Å². The largest absolute Gasteiger partial charge is 0.338 e. The molecule has 5 nitrogen and oxygen atoms in total. The fourth-order valence-electron chi connectivity index (χ4n) is 1.97. The number of primary sulfonamides is 1. The number of amides is 1. The molecule has 0 bridgehead atoms. The summed E-state index contributed by atoms with van der Waals surface area (Å²) in [4.78, 5) is 13.2. The van der Waals surface area contributed by atoms with Crippen molar-refractivity contribution >= 4 is 15.9 Å². The van der Waals surface area contributed by atoms with E-state index in [1.165, 1.54) is 0 Å². The van der Waals surface area contributed by atoms with Crippen molar-refractivity contribution in [2.24, 2.45) is 5.14 Å². The number of rotatable bonds is 2. The molecule has 14 heavy (non-hydrogen) atoms. The Labute approximate surface area is 83.3 Å². The number of hydrogen-bond donors (Lipinski definition) is 1. The summed E-state index contributed by atoms with van der Waals surface area (Å²) in [7, 11) is -3.55. The van der Waals surface area contributed by atoms with Gasteiger partial charge in [0.05, 0.1) is 0 Å². The first-order chi connectivity index (χ1) is 6.48. The van der Waals surface area contributed by atoms with E-state index in [0.717, 1.165) is 19.3 Å². The van der Waals surface area contributed by atoms with Gasteiger partial charge in [-0.1, -0.05) is 0 Å². The van der Waals surface area contributed by atoms with E-state index >= 15 is 0 Å². The molecule has 2 rings (SSSR count). The Kier molecular flexibility index (Phi) is 2.27. The summed E-state index contributed by atoms with van der Waals surface area (Å²) in [5, 5.41) is 4.33. The SMILES string of the molecule is NS(=O)(=O)C1CC(=O)N(C2CCC2)C1. The molecule has 0 spiro atoms. The van der Waals surface area contributed by atoms with Gasteiger partial charge in [0, 0.05) is 19.0 Å². The van der Waals surface area contributed by atoms with Crippen molar-refractivity contribution in [1.82, 2.24) is 4.90 Å². The quantitative estimate of drug-likeness (QED) is 0.674. The zero-order valence-corrected chi connectivity index (χ0v) is 8.66. The summed E-state index contributed by atoms with van der Waals surface area (Å²) in [5.74, 6) is -0.0614. The molecule has 1 aliphatic carbocycles. The lowest BCUT2D eigenvalue weighted by molar-refractivity contribution is -0.131. The Morgan fingerprint density at radius 3 is 2.36 bits per heavy atom. The summed E-state index contributed by atoms with van der Waals surface area (Å²) < 4.78 is 22.1. The minimum absolute atomic E-state index is 0.0614. The zero-order valence-electron chi connectivity index (χ0n) is 7.85. The van der Waals surface area contributed by atoms with Crippen molar-refractivity contribution in [1.29, 1.82) is 0 Å². The minimum Gasteiger partial charge on any atom is -0.338 e. The maximum absolute atomic E-state index is 11.5. The molecular weight excluding hydrogens is 204 g/mol. The van der Waals surface area contributed by atoms with Gasteiger partial charge in [0.15, 0.2) is 0 Å². The molecule has 1 saturated carbocycles. The molecule has 1 aliphatic heterocycles. The maximum atomic E-state index is 11.5. The van der Waals surface area contributed by atoms with Crippen LogP contribution in [0.1, 0.15) is 25.7 Å². The predicted octanol–water partition coefficient (Wildman–Crippen LogP) is -0.572. The lowest BCUT2D eigenvalue weighted by Gasteiger charge is -2.34. The second kappa shape index (κ2) is 3.20. The van der Waals surface area contributed by atoms with Gasteiger partial charge in [0.25, 0.3) is 0 Å². The van der Waals surface area contributed by atoms with Crippen LogP contribution in [0.4, 0.5) is 0 Å². The summed E-state index contributed by atoms with van der Waals surface area (Å²) >= 11 is 0. The Morgan fingerprint density at radius 1 is 1.36 bits per heavy atom. The van der Waals surface area contributed by atoms with Crippen molar-refractivity contribution in [3.8, 4) is 0 Å². The van der Waals surface area contributed by atoms with Crippen molar-refractivity contribution in [3.05, 3.63) is 0 Å². The third-order valence-corrected chi connectivity index (χ3v) is 4.35. The van der Waals surface area contributed by atoms with Crippen LogP contribution < -0.4 is 5.14 Å². The van der Waals surface area contributed by atoms with Crippen LogP contribution in [0.3, 0.4) is 0 Å². The highest BCUT2D eigenvalue weighted by Gasteiger charge is 2.40. The van der Waals surface area contributed by atoms with Crippen LogP contribution in [-0.4, -0.2) is 37.1 Å². The lowest BCUT2D eigenvalue weighted by atomic mass is 9.92. The normalized spacial score (nSPS) is 29.4. The molecule has 2 aliphatic rings. The van der Waals surface area contributed by atoms with Crippen LogP contribution in [0.15, 0.2) is 0 Å². The zero-order chi connectivity index (χ0) is 10.3. The first-order valence-corrected chi connectivity index (χ1v) is 6.40. The molecule has 0 aromatic rings. The molecule has 80 valence electrons. The lowest BCUT2D eigenvalue weighted by Crippen LogP contribution is -2.42. The van der Waals surface area contributed by atoms with Crippen LogP contribution in [0.25, 0.3) is 0 Å². The summed E-state index contributed by atoms with van der Waals surface area (Å²) in [6.07, 6.45) is 3.20. The van der Waals surface area contributed by atoms with E-state index < -0.39 is 15.3 Å². The van der Waals surface area contributed by atoms with Gasteiger partial charge >= 0.3 is 0 Å². The second-order valence-electron chi connectivity index (χ2n) is 4.05. The topological polar surface area (TPSA) is 80.5 Å². The highest BCUT2D eigenvalue weighted by molar-refractivity contribution is 7.89. The van der Waals surface area contributed by atoms with Gasteiger partial charge in [-0.25, -0.2) is 13.6 Å². The molecule has 0 radical (unpaired) electrons. The van der Waals surface area contributed by atoms with Gasteiger partial charge in [0.2, 0.25) is 15.9 Å². The van der Waals surface area contributed by atoms with Crippen LogP contribution in [0, 0.1) is 0 Å². The Morgan fingerprint density at radius 2 is 2.00 bits per heavy atom. The number of hydrogen-bond acceptors (Lipinski definition) is 3. The van der Waals surface area contributed by atoms with Crippen LogP contribution in [-0.2, 0) is 14.8 Å². The second-order valence-corrected chi connectivity index (χ2v) is 5.89. The average Bonchev–Trinajstić information content (AvgIpc) is 2.28. The van der Waals surface area contributed by atoms with Gasteiger partial charge in [-0.3, -0.25) is 4.79 Å². The molecule has 6 heteroatoms. The first kappa shape index (κ1) is 9.92. The molecule has 0 aromatic carbocycles. The molecule has 1 unspecified atom stereocenters. The fourth-order valence-corrected chi connectivity index (χ4v) is 2.71. The van der Waals surface area contributed by atoms with E-state index in [0.29, 0.717) is 6.54 Å².